The van der Waals surface area contributed by atoms with E-state index in [0.717, 1.165) is 18.5 Å². The average Bonchev–Trinajstić information content (AvgIpc) is 2.58. The van der Waals surface area contributed by atoms with Crippen molar-refractivity contribution in [3.63, 3.8) is 0 Å². The van der Waals surface area contributed by atoms with Gasteiger partial charge in [-0.3, -0.25) is 0 Å². The lowest BCUT2D eigenvalue weighted by molar-refractivity contribution is 0.0703. The van der Waals surface area contributed by atoms with Gasteiger partial charge in [0.1, 0.15) is 0 Å². The molecule has 0 amide bonds. The zero-order valence-corrected chi connectivity index (χ0v) is 12.9. The third-order valence-electron chi connectivity index (χ3n) is 3.82. The van der Waals surface area contributed by atoms with E-state index < -0.39 is 0 Å². The maximum absolute atomic E-state index is 5.63. The van der Waals surface area contributed by atoms with Crippen LogP contribution in [0.15, 0.2) is 0 Å². The molecule has 1 rings (SSSR count). The van der Waals surface area contributed by atoms with E-state index in [1.165, 1.54) is 6.42 Å². The third kappa shape index (κ3) is 3.71. The summed E-state index contributed by atoms with van der Waals surface area (Å²) in [6.07, 6.45) is 1.57. The van der Waals surface area contributed by atoms with Gasteiger partial charge in [0.2, 0.25) is 0 Å². The van der Waals surface area contributed by atoms with E-state index in [9.17, 15) is 0 Å². The van der Waals surface area contributed by atoms with E-state index in [1.54, 1.807) is 0 Å². The summed E-state index contributed by atoms with van der Waals surface area (Å²) in [5.74, 6) is 0.685. The second-order valence-corrected chi connectivity index (χ2v) is 6.74. The van der Waals surface area contributed by atoms with Gasteiger partial charge in [-0.2, -0.15) is 0 Å². The monoisotopic (exact) mass is 291 g/mol. The summed E-state index contributed by atoms with van der Waals surface area (Å²) >= 11 is 3.65. The van der Waals surface area contributed by atoms with Crippen molar-refractivity contribution < 1.29 is 4.74 Å². The minimum absolute atomic E-state index is 0.362. The number of hydrogen-bond donors (Lipinski definition) is 0. The van der Waals surface area contributed by atoms with Crippen LogP contribution < -0.4 is 0 Å². The van der Waals surface area contributed by atoms with Crippen LogP contribution in [0.2, 0.25) is 0 Å². The van der Waals surface area contributed by atoms with Crippen molar-refractivity contribution in [3.05, 3.63) is 0 Å². The summed E-state index contributed by atoms with van der Waals surface area (Å²) < 4.78 is 5.63. The Morgan fingerprint density at radius 3 is 2.44 bits per heavy atom. The Hall–Kier alpha value is 0.400. The fraction of sp³-hybridized carbons (Fsp3) is 1.00. The van der Waals surface area contributed by atoms with E-state index in [2.05, 4.69) is 55.6 Å². The number of ether oxygens (including phenoxy) is 1. The summed E-state index contributed by atoms with van der Waals surface area (Å²) in [6, 6.07) is 0.601. The van der Waals surface area contributed by atoms with Crippen LogP contribution in [0, 0.1) is 11.3 Å². The van der Waals surface area contributed by atoms with E-state index in [-0.39, 0.29) is 0 Å². The fourth-order valence-corrected chi connectivity index (χ4v) is 3.51. The Morgan fingerprint density at radius 1 is 1.44 bits per heavy atom. The zero-order valence-electron chi connectivity index (χ0n) is 11.3. The van der Waals surface area contributed by atoms with Crippen LogP contribution in [0.1, 0.15) is 34.1 Å². The van der Waals surface area contributed by atoms with Crippen LogP contribution in [0.3, 0.4) is 0 Å². The molecule has 96 valence electrons. The van der Waals surface area contributed by atoms with Gasteiger partial charge in [0.25, 0.3) is 0 Å². The molecule has 0 aromatic rings. The number of halogens is 1. The average molecular weight is 292 g/mol. The fourth-order valence-electron chi connectivity index (χ4n) is 2.34. The Bertz CT molecular complexity index is 214. The summed E-state index contributed by atoms with van der Waals surface area (Å²) in [5, 5.41) is 1.07. The summed E-state index contributed by atoms with van der Waals surface area (Å²) in [6.45, 7) is 11.2. The minimum Gasteiger partial charge on any atom is -0.377 e. The number of rotatable bonds is 4. The molecule has 0 aromatic carbocycles. The zero-order chi connectivity index (χ0) is 12.3. The van der Waals surface area contributed by atoms with Gasteiger partial charge in [0.05, 0.1) is 6.10 Å². The van der Waals surface area contributed by atoms with Crippen LogP contribution in [-0.2, 0) is 4.74 Å². The van der Waals surface area contributed by atoms with E-state index in [0.29, 0.717) is 23.5 Å². The lowest BCUT2D eigenvalue weighted by Crippen LogP contribution is -2.42. The van der Waals surface area contributed by atoms with Crippen molar-refractivity contribution in [1.82, 2.24) is 4.90 Å². The maximum atomic E-state index is 5.63. The molecule has 0 saturated carbocycles. The van der Waals surface area contributed by atoms with Crippen LogP contribution in [0.5, 0.6) is 0 Å². The first-order chi connectivity index (χ1) is 7.36. The molecule has 0 aliphatic carbocycles. The number of nitrogens with zero attached hydrogens (tertiary/aromatic N) is 1. The second-order valence-electron chi connectivity index (χ2n) is 6.09. The van der Waals surface area contributed by atoms with E-state index >= 15 is 0 Å². The minimum atomic E-state index is 0.362. The molecule has 1 heterocycles. The lowest BCUT2D eigenvalue weighted by Gasteiger charge is -2.36. The number of likely N-dealkylation sites (N-methyl/N-ethyl adjacent to an activating group) is 1. The van der Waals surface area contributed by atoms with Gasteiger partial charge < -0.3 is 9.64 Å². The largest absolute Gasteiger partial charge is 0.377 e. The molecular weight excluding hydrogens is 266 g/mol. The first-order valence-electron chi connectivity index (χ1n) is 6.24. The van der Waals surface area contributed by atoms with Crippen LogP contribution in [0.4, 0.5) is 0 Å². The van der Waals surface area contributed by atoms with Crippen molar-refractivity contribution in [3.8, 4) is 0 Å². The lowest BCUT2D eigenvalue weighted by atomic mass is 9.81. The quantitative estimate of drug-likeness (QED) is 0.738. The molecule has 3 heteroatoms. The normalized spacial score (nSPS) is 28.7. The van der Waals surface area contributed by atoms with E-state index in [4.69, 9.17) is 4.74 Å². The molecule has 1 saturated heterocycles. The third-order valence-corrected chi connectivity index (χ3v) is 4.60. The first kappa shape index (κ1) is 14.5. The van der Waals surface area contributed by atoms with Gasteiger partial charge in [0, 0.05) is 24.5 Å². The number of alkyl halides is 1. The smallest absolute Gasteiger partial charge is 0.0702 e. The highest BCUT2D eigenvalue weighted by Crippen LogP contribution is 2.29. The van der Waals surface area contributed by atoms with Gasteiger partial charge in [-0.05, 0) is 31.7 Å². The molecule has 1 aliphatic rings. The highest BCUT2D eigenvalue weighted by atomic mass is 79.9. The maximum Gasteiger partial charge on any atom is 0.0702 e. The van der Waals surface area contributed by atoms with Crippen molar-refractivity contribution >= 4 is 15.9 Å². The SMILES string of the molecule is CC1OCCC1N(C)CC(CBr)C(C)(C)C. The number of hydrogen-bond acceptors (Lipinski definition) is 2. The molecule has 0 N–H and O–H groups in total. The molecule has 1 aliphatic heterocycles. The second kappa shape index (κ2) is 5.83. The van der Waals surface area contributed by atoms with Crippen molar-refractivity contribution in [2.75, 3.05) is 25.5 Å². The molecule has 3 unspecified atom stereocenters. The summed E-state index contributed by atoms with van der Waals surface area (Å²) in [4.78, 5) is 2.48. The van der Waals surface area contributed by atoms with Gasteiger partial charge in [-0.25, -0.2) is 0 Å². The highest BCUT2D eigenvalue weighted by molar-refractivity contribution is 9.09. The Morgan fingerprint density at radius 2 is 2.06 bits per heavy atom. The first-order valence-corrected chi connectivity index (χ1v) is 7.36. The summed E-state index contributed by atoms with van der Waals surface area (Å²) in [7, 11) is 2.23. The molecule has 0 radical (unpaired) electrons. The van der Waals surface area contributed by atoms with Crippen molar-refractivity contribution in [1.29, 1.82) is 0 Å². The molecule has 0 aromatic heterocycles. The van der Waals surface area contributed by atoms with Crippen molar-refractivity contribution in [2.24, 2.45) is 11.3 Å². The molecule has 1 fully saturated rings. The summed E-state index contributed by atoms with van der Waals surface area (Å²) in [5.41, 5.74) is 0.362. The standard InChI is InChI=1S/C13H26BrNO/c1-10-12(6-7-16-10)15(5)9-11(8-14)13(2,3)4/h10-12H,6-9H2,1-5H3. The van der Waals surface area contributed by atoms with Crippen molar-refractivity contribution in [2.45, 2.75) is 46.3 Å². The Balaban J connectivity index is 2.51. The van der Waals surface area contributed by atoms with Crippen LogP contribution >= 0.6 is 15.9 Å². The molecular formula is C13H26BrNO. The van der Waals surface area contributed by atoms with Gasteiger partial charge >= 0.3 is 0 Å². The van der Waals surface area contributed by atoms with Crippen LogP contribution in [0.25, 0.3) is 0 Å². The van der Waals surface area contributed by atoms with Gasteiger partial charge in [0.15, 0.2) is 0 Å². The Labute approximate surface area is 109 Å². The predicted octanol–water partition coefficient (Wildman–Crippen LogP) is 3.15. The molecule has 3 atom stereocenters. The molecule has 0 bridgehead atoms. The van der Waals surface area contributed by atoms with Crippen LogP contribution in [-0.4, -0.2) is 42.6 Å². The topological polar surface area (TPSA) is 12.5 Å². The predicted molar refractivity (Wildman–Crippen MR) is 73.2 cm³/mol. The Kier molecular flexibility index (Phi) is 5.27. The molecule has 0 spiro atoms. The molecule has 16 heavy (non-hydrogen) atoms. The van der Waals surface area contributed by atoms with Gasteiger partial charge in [-0.1, -0.05) is 36.7 Å². The van der Waals surface area contributed by atoms with E-state index in [1.807, 2.05) is 0 Å². The molecule has 2 nitrogen and oxygen atoms in total. The van der Waals surface area contributed by atoms with Gasteiger partial charge in [-0.15, -0.1) is 0 Å². The highest BCUT2D eigenvalue weighted by Gasteiger charge is 2.31.